The summed E-state index contributed by atoms with van der Waals surface area (Å²) < 4.78 is 0. The Hall–Kier alpha value is -1.02. The molecule has 84 valence electrons. The van der Waals surface area contributed by atoms with Gasteiger partial charge in [-0.2, -0.15) is 0 Å². The second-order valence-electron chi connectivity index (χ2n) is 3.87. The maximum Gasteiger partial charge on any atom is 0.0340 e. The average Bonchev–Trinajstić information content (AvgIpc) is 2.27. The van der Waals surface area contributed by atoms with Gasteiger partial charge in [0.25, 0.3) is 0 Å². The van der Waals surface area contributed by atoms with E-state index in [4.69, 9.17) is 5.73 Å². The molecule has 2 nitrogen and oxygen atoms in total. The van der Waals surface area contributed by atoms with Crippen LogP contribution in [-0.4, -0.2) is 13.1 Å². The highest BCUT2D eigenvalue weighted by Gasteiger charge is 1.93. The van der Waals surface area contributed by atoms with Crippen LogP contribution in [0.15, 0.2) is 24.3 Å². The molecule has 0 aliphatic carbocycles. The molecule has 0 amide bonds. The Morgan fingerprint density at radius 3 is 2.47 bits per heavy atom. The van der Waals surface area contributed by atoms with Gasteiger partial charge in [-0.25, -0.2) is 0 Å². The van der Waals surface area contributed by atoms with Crippen LogP contribution in [0.25, 0.3) is 0 Å². The van der Waals surface area contributed by atoms with Crippen LogP contribution in [0, 0.1) is 0 Å². The van der Waals surface area contributed by atoms with E-state index in [1.54, 1.807) is 0 Å². The Morgan fingerprint density at radius 1 is 1.13 bits per heavy atom. The molecular weight excluding hydrogens is 184 g/mol. The van der Waals surface area contributed by atoms with Gasteiger partial charge in [0.05, 0.1) is 0 Å². The molecule has 1 aromatic carbocycles. The summed E-state index contributed by atoms with van der Waals surface area (Å²) in [6, 6.07) is 8.73. The molecule has 1 rings (SSSR count). The normalized spacial score (nSPS) is 10.3. The van der Waals surface area contributed by atoms with Crippen molar-refractivity contribution < 1.29 is 0 Å². The van der Waals surface area contributed by atoms with Crippen LogP contribution in [0.3, 0.4) is 0 Å². The van der Waals surface area contributed by atoms with Crippen LogP contribution in [-0.2, 0) is 6.42 Å². The monoisotopic (exact) mass is 206 g/mol. The molecule has 3 N–H and O–H groups in total. The van der Waals surface area contributed by atoms with Crippen LogP contribution in [0.5, 0.6) is 0 Å². The fourth-order valence-electron chi connectivity index (χ4n) is 1.58. The van der Waals surface area contributed by atoms with E-state index in [0.29, 0.717) is 0 Å². The second-order valence-corrected chi connectivity index (χ2v) is 3.87. The minimum absolute atomic E-state index is 0.789. The van der Waals surface area contributed by atoms with Gasteiger partial charge in [0.2, 0.25) is 0 Å². The molecule has 0 spiro atoms. The molecule has 0 heterocycles. The number of hydrogen-bond donors (Lipinski definition) is 2. The van der Waals surface area contributed by atoms with E-state index >= 15 is 0 Å². The summed E-state index contributed by atoms with van der Waals surface area (Å²) in [6.07, 6.45) is 4.63. The molecule has 0 aromatic heterocycles. The molecule has 0 radical (unpaired) electrons. The molecule has 2 heteroatoms. The number of nitrogens with one attached hydrogen (secondary N) is 1. The zero-order valence-electron chi connectivity index (χ0n) is 9.63. The molecule has 15 heavy (non-hydrogen) atoms. The highest BCUT2D eigenvalue weighted by atomic mass is 14.9. The van der Waals surface area contributed by atoms with Crippen LogP contribution in [0.4, 0.5) is 5.69 Å². The molecule has 0 unspecified atom stereocenters. The lowest BCUT2D eigenvalue weighted by atomic mass is 10.1. The molecule has 0 saturated heterocycles. The predicted octanol–water partition coefficient (Wildman–Crippen LogP) is 2.79. The quantitative estimate of drug-likeness (QED) is 0.673. The SMILES string of the molecule is CCCc1ccc(NCCCCN)cc1. The highest BCUT2D eigenvalue weighted by molar-refractivity contribution is 5.44. The summed E-state index contributed by atoms with van der Waals surface area (Å²) in [5.41, 5.74) is 8.07. The molecule has 0 aliphatic heterocycles. The third-order valence-corrected chi connectivity index (χ3v) is 2.45. The molecule has 1 aromatic rings. The summed E-state index contributed by atoms with van der Waals surface area (Å²) in [4.78, 5) is 0. The maximum atomic E-state index is 5.43. The zero-order chi connectivity index (χ0) is 10.9. The predicted molar refractivity (Wildman–Crippen MR) is 67.2 cm³/mol. The first-order valence-corrected chi connectivity index (χ1v) is 5.89. The molecule has 0 bridgehead atoms. The van der Waals surface area contributed by atoms with E-state index in [1.807, 2.05) is 0 Å². The van der Waals surface area contributed by atoms with Gasteiger partial charge in [-0.3, -0.25) is 0 Å². The van der Waals surface area contributed by atoms with Crippen molar-refractivity contribution in [2.45, 2.75) is 32.6 Å². The standard InChI is InChI=1S/C13H22N2/c1-2-5-12-6-8-13(9-7-12)15-11-4-3-10-14/h6-9,15H,2-5,10-11,14H2,1H3. The van der Waals surface area contributed by atoms with Gasteiger partial charge in [-0.1, -0.05) is 25.5 Å². The Balaban J connectivity index is 2.29. The van der Waals surface area contributed by atoms with Crippen molar-refractivity contribution in [2.75, 3.05) is 18.4 Å². The van der Waals surface area contributed by atoms with Gasteiger partial charge >= 0.3 is 0 Å². The van der Waals surface area contributed by atoms with E-state index in [-0.39, 0.29) is 0 Å². The Kier molecular flexibility index (Phi) is 5.86. The van der Waals surface area contributed by atoms with Gasteiger partial charge in [-0.05, 0) is 43.5 Å². The summed E-state index contributed by atoms with van der Waals surface area (Å²) in [5.74, 6) is 0. The number of benzene rings is 1. The third-order valence-electron chi connectivity index (χ3n) is 2.45. The van der Waals surface area contributed by atoms with Crippen molar-refractivity contribution in [1.29, 1.82) is 0 Å². The minimum atomic E-state index is 0.789. The van der Waals surface area contributed by atoms with Crippen molar-refractivity contribution in [3.63, 3.8) is 0 Å². The summed E-state index contributed by atoms with van der Waals surface area (Å²) in [7, 11) is 0. The first kappa shape index (κ1) is 12.1. The zero-order valence-corrected chi connectivity index (χ0v) is 9.63. The maximum absolute atomic E-state index is 5.43. The summed E-state index contributed by atoms with van der Waals surface area (Å²) in [5, 5.41) is 3.39. The lowest BCUT2D eigenvalue weighted by Gasteiger charge is -2.06. The number of hydrogen-bond acceptors (Lipinski definition) is 2. The smallest absolute Gasteiger partial charge is 0.0340 e. The van der Waals surface area contributed by atoms with Crippen molar-refractivity contribution in [3.8, 4) is 0 Å². The lowest BCUT2D eigenvalue weighted by Crippen LogP contribution is -2.05. The van der Waals surface area contributed by atoms with E-state index in [1.165, 1.54) is 24.1 Å². The first-order valence-electron chi connectivity index (χ1n) is 5.89. The summed E-state index contributed by atoms with van der Waals surface area (Å²) in [6.45, 7) is 4.01. The van der Waals surface area contributed by atoms with E-state index < -0.39 is 0 Å². The van der Waals surface area contributed by atoms with Crippen LogP contribution >= 0.6 is 0 Å². The first-order chi connectivity index (χ1) is 7.36. The minimum Gasteiger partial charge on any atom is -0.385 e. The van der Waals surface area contributed by atoms with Gasteiger partial charge in [0.1, 0.15) is 0 Å². The Morgan fingerprint density at radius 2 is 1.87 bits per heavy atom. The number of aryl methyl sites for hydroxylation is 1. The Labute approximate surface area is 92.9 Å². The van der Waals surface area contributed by atoms with Gasteiger partial charge in [0, 0.05) is 12.2 Å². The molecule has 0 saturated carbocycles. The topological polar surface area (TPSA) is 38.0 Å². The third kappa shape index (κ3) is 4.84. The number of unbranched alkanes of at least 4 members (excludes halogenated alkanes) is 1. The lowest BCUT2D eigenvalue weighted by molar-refractivity contribution is 0.774. The van der Waals surface area contributed by atoms with Gasteiger partial charge in [0.15, 0.2) is 0 Å². The highest BCUT2D eigenvalue weighted by Crippen LogP contribution is 2.10. The Bertz CT molecular complexity index is 254. The van der Waals surface area contributed by atoms with Crippen molar-refractivity contribution in [2.24, 2.45) is 5.73 Å². The van der Waals surface area contributed by atoms with E-state index in [9.17, 15) is 0 Å². The number of rotatable bonds is 7. The number of nitrogens with two attached hydrogens (primary N) is 1. The van der Waals surface area contributed by atoms with E-state index in [0.717, 1.165) is 25.9 Å². The molecule has 0 fully saturated rings. The molecule has 0 atom stereocenters. The number of anilines is 1. The fourth-order valence-corrected chi connectivity index (χ4v) is 1.58. The van der Waals surface area contributed by atoms with E-state index in [2.05, 4.69) is 36.5 Å². The van der Waals surface area contributed by atoms with Crippen molar-refractivity contribution in [3.05, 3.63) is 29.8 Å². The van der Waals surface area contributed by atoms with Crippen LogP contribution in [0.2, 0.25) is 0 Å². The molecule has 0 aliphatic rings. The van der Waals surface area contributed by atoms with Crippen molar-refractivity contribution in [1.82, 2.24) is 0 Å². The second kappa shape index (κ2) is 7.30. The molecular formula is C13H22N2. The fraction of sp³-hybridized carbons (Fsp3) is 0.538. The average molecular weight is 206 g/mol. The summed E-state index contributed by atoms with van der Waals surface area (Å²) >= 11 is 0. The van der Waals surface area contributed by atoms with Crippen LogP contribution < -0.4 is 11.1 Å². The van der Waals surface area contributed by atoms with Gasteiger partial charge < -0.3 is 11.1 Å². The largest absolute Gasteiger partial charge is 0.385 e. The van der Waals surface area contributed by atoms with Gasteiger partial charge in [-0.15, -0.1) is 0 Å². The van der Waals surface area contributed by atoms with Crippen LogP contribution in [0.1, 0.15) is 31.7 Å². The van der Waals surface area contributed by atoms with Crippen molar-refractivity contribution >= 4 is 5.69 Å².